The first-order valence-electron chi connectivity index (χ1n) is 1.67. The van der Waals surface area contributed by atoms with Gasteiger partial charge in [-0.2, -0.15) is 18.2 Å². The molecule has 0 N–H and O–H groups in total. The Morgan fingerprint density at radius 3 is 1.38 bits per heavy atom. The van der Waals surface area contributed by atoms with Crippen molar-refractivity contribution in [2.75, 3.05) is 0 Å². The first kappa shape index (κ1) is 15.9. The first-order valence-corrected chi connectivity index (χ1v) is 1.67. The van der Waals surface area contributed by atoms with E-state index in [4.69, 9.17) is 0 Å². The van der Waals surface area contributed by atoms with Gasteiger partial charge in [0.25, 0.3) is 0 Å². The quantitative estimate of drug-likeness (QED) is 0.391. The summed E-state index contributed by atoms with van der Waals surface area (Å²) in [6, 6.07) is 10.0. The Morgan fingerprint density at radius 2 is 1.25 bits per heavy atom. The zero-order valence-corrected chi connectivity index (χ0v) is 8.11. The van der Waals surface area contributed by atoms with Crippen LogP contribution in [-0.4, -0.2) is 0 Å². The molecule has 3 heteroatoms. The molecule has 0 aliphatic carbocycles. The normalized spacial score (nSPS) is 5.00. The molecule has 0 unspecified atom stereocenters. The molecular formula is C5H5Cl2Zr+. The molecule has 0 heterocycles. The Hall–Kier alpha value is 0.813. The van der Waals surface area contributed by atoms with Gasteiger partial charge < -0.3 is 24.8 Å². The average molecular weight is 227 g/mol. The van der Waals surface area contributed by atoms with E-state index in [0.29, 0.717) is 0 Å². The number of hydrogen-bond acceptors (Lipinski definition) is 0. The third-order valence-corrected chi connectivity index (χ3v) is 0.556. The van der Waals surface area contributed by atoms with Gasteiger partial charge in [-0.15, -0.1) is 0 Å². The zero-order valence-electron chi connectivity index (χ0n) is 4.14. The topological polar surface area (TPSA) is 0 Å². The summed E-state index contributed by atoms with van der Waals surface area (Å²) in [7, 11) is 0. The van der Waals surface area contributed by atoms with Gasteiger partial charge in [-0.25, -0.2) is 12.1 Å². The first-order chi connectivity index (χ1) is 2.50. The van der Waals surface area contributed by atoms with E-state index in [1.807, 2.05) is 30.3 Å². The van der Waals surface area contributed by atoms with Gasteiger partial charge in [-0.05, 0) is 0 Å². The van der Waals surface area contributed by atoms with E-state index in [1.165, 1.54) is 0 Å². The van der Waals surface area contributed by atoms with Crippen LogP contribution in [0.3, 0.4) is 0 Å². The van der Waals surface area contributed by atoms with Crippen molar-refractivity contribution in [3.63, 3.8) is 0 Å². The van der Waals surface area contributed by atoms with Crippen LogP contribution in [0.5, 0.6) is 0 Å². The van der Waals surface area contributed by atoms with E-state index < -0.39 is 0 Å². The third-order valence-electron chi connectivity index (χ3n) is 0.556. The Kier molecular flexibility index (Phi) is 21.4. The summed E-state index contributed by atoms with van der Waals surface area (Å²) in [4.78, 5) is 0. The van der Waals surface area contributed by atoms with E-state index in [0.717, 1.165) is 0 Å². The molecule has 8 heavy (non-hydrogen) atoms. The molecule has 0 fully saturated rings. The minimum atomic E-state index is 0. The maximum Gasteiger partial charge on any atom is 4.00 e. The largest absolute Gasteiger partial charge is 4.00 e. The van der Waals surface area contributed by atoms with Crippen molar-refractivity contribution < 1.29 is 51.0 Å². The van der Waals surface area contributed by atoms with Crippen molar-refractivity contribution in [1.29, 1.82) is 0 Å². The second kappa shape index (κ2) is 10.7. The summed E-state index contributed by atoms with van der Waals surface area (Å²) >= 11 is 0. The molecule has 0 spiro atoms. The summed E-state index contributed by atoms with van der Waals surface area (Å²) < 4.78 is 0. The van der Waals surface area contributed by atoms with Crippen LogP contribution in [0.1, 0.15) is 0 Å². The molecule has 0 bridgehead atoms. The molecule has 0 saturated carbocycles. The van der Waals surface area contributed by atoms with E-state index in [2.05, 4.69) is 0 Å². The number of hydrogen-bond donors (Lipinski definition) is 0. The minimum Gasteiger partial charge on any atom is -1.00 e. The summed E-state index contributed by atoms with van der Waals surface area (Å²) in [5.74, 6) is 0. The zero-order chi connectivity index (χ0) is 3.54. The predicted molar refractivity (Wildman–Crippen MR) is 22.0 cm³/mol. The van der Waals surface area contributed by atoms with Crippen molar-refractivity contribution in [3.8, 4) is 0 Å². The van der Waals surface area contributed by atoms with E-state index >= 15 is 0 Å². The van der Waals surface area contributed by atoms with Crippen LogP contribution in [-0.2, 0) is 26.2 Å². The second-order valence-corrected chi connectivity index (χ2v) is 0.962. The second-order valence-electron chi connectivity index (χ2n) is 0.962. The molecule has 1 aromatic rings. The van der Waals surface area contributed by atoms with Crippen LogP contribution in [0.25, 0.3) is 0 Å². The van der Waals surface area contributed by atoms with E-state index in [9.17, 15) is 0 Å². The van der Waals surface area contributed by atoms with Crippen LogP contribution < -0.4 is 24.8 Å². The van der Waals surface area contributed by atoms with Crippen molar-refractivity contribution in [3.05, 3.63) is 30.3 Å². The van der Waals surface area contributed by atoms with Gasteiger partial charge in [0, 0.05) is 0 Å². The van der Waals surface area contributed by atoms with Gasteiger partial charge in [-0.3, -0.25) is 0 Å². The maximum atomic E-state index is 2.00. The van der Waals surface area contributed by atoms with E-state index in [-0.39, 0.29) is 51.0 Å². The van der Waals surface area contributed by atoms with Crippen molar-refractivity contribution in [2.45, 2.75) is 0 Å². The summed E-state index contributed by atoms with van der Waals surface area (Å²) in [5.41, 5.74) is 0. The van der Waals surface area contributed by atoms with Crippen LogP contribution in [0.4, 0.5) is 0 Å². The molecule has 42 valence electrons. The average Bonchev–Trinajstić information content (AvgIpc) is 1.76. The molecule has 1 aromatic carbocycles. The standard InChI is InChI=1S/C5H5.2ClH.Zr/c1-2-4-5-3-1;;;/h1-5H;2*1H;/q-1;;;+4/p-2. The Morgan fingerprint density at radius 1 is 0.875 bits per heavy atom. The van der Waals surface area contributed by atoms with Crippen LogP contribution >= 0.6 is 0 Å². The molecule has 0 radical (unpaired) electrons. The van der Waals surface area contributed by atoms with Crippen molar-refractivity contribution >= 4 is 0 Å². The fourth-order valence-electron chi connectivity index (χ4n) is 0.321. The van der Waals surface area contributed by atoms with Gasteiger partial charge in [0.2, 0.25) is 0 Å². The van der Waals surface area contributed by atoms with Gasteiger partial charge in [0.1, 0.15) is 0 Å². The fraction of sp³-hybridized carbons (Fsp3) is 0. The third kappa shape index (κ3) is 6.81. The molecule has 0 nitrogen and oxygen atoms in total. The number of rotatable bonds is 0. The molecule has 1 rings (SSSR count). The number of halogens is 2. The molecule has 0 atom stereocenters. The molecule has 0 aliphatic heterocycles. The molecular weight excluding hydrogens is 222 g/mol. The minimum absolute atomic E-state index is 0. The van der Waals surface area contributed by atoms with Crippen LogP contribution in [0.15, 0.2) is 30.3 Å². The summed E-state index contributed by atoms with van der Waals surface area (Å²) in [5, 5.41) is 0. The molecule has 0 saturated heterocycles. The van der Waals surface area contributed by atoms with Crippen molar-refractivity contribution in [2.24, 2.45) is 0 Å². The monoisotopic (exact) mass is 225 g/mol. The van der Waals surface area contributed by atoms with Crippen LogP contribution in [0.2, 0.25) is 0 Å². The van der Waals surface area contributed by atoms with E-state index in [1.54, 1.807) is 0 Å². The van der Waals surface area contributed by atoms with Gasteiger partial charge in [-0.1, -0.05) is 0 Å². The van der Waals surface area contributed by atoms with Crippen molar-refractivity contribution in [1.82, 2.24) is 0 Å². The Labute approximate surface area is 81.0 Å². The van der Waals surface area contributed by atoms with Gasteiger partial charge in [0.05, 0.1) is 0 Å². The van der Waals surface area contributed by atoms with Crippen LogP contribution in [0, 0.1) is 0 Å². The molecule has 0 aromatic heterocycles. The Bertz CT molecular complexity index is 66.9. The maximum absolute atomic E-state index is 2.00. The summed E-state index contributed by atoms with van der Waals surface area (Å²) in [6.45, 7) is 0. The van der Waals surface area contributed by atoms with Gasteiger partial charge >= 0.3 is 26.2 Å². The SMILES string of the molecule is [Cl-].[Cl-].[Zr+4].c1cc[cH-]c1. The summed E-state index contributed by atoms with van der Waals surface area (Å²) in [6.07, 6.45) is 0. The molecule has 0 amide bonds. The smallest absolute Gasteiger partial charge is 1.00 e. The van der Waals surface area contributed by atoms with Gasteiger partial charge in [0.15, 0.2) is 0 Å². The molecule has 0 aliphatic rings. The predicted octanol–water partition coefficient (Wildman–Crippen LogP) is -4.59. The fourth-order valence-corrected chi connectivity index (χ4v) is 0.321. The Balaban J connectivity index is -0.0000000833.